The van der Waals surface area contributed by atoms with Gasteiger partial charge < -0.3 is 19.8 Å². The number of phenolic OH excluding ortho intramolecular Hbond substituents is 1. The summed E-state index contributed by atoms with van der Waals surface area (Å²) in [5.41, 5.74) is 1.96. The lowest BCUT2D eigenvalue weighted by molar-refractivity contribution is -0.139. The Morgan fingerprint density at radius 1 is 1.23 bits per heavy atom. The van der Waals surface area contributed by atoms with Crippen LogP contribution in [0.5, 0.6) is 11.5 Å². The van der Waals surface area contributed by atoms with E-state index in [1.807, 2.05) is 13.8 Å². The SMILES string of the molecule is CCCN1C(=O)C(=O)/C(=C(\O)c2ccc3c(c2)CC(C)O3)C1c1ccc(O)c(Cl)c1. The molecule has 6 nitrogen and oxygen atoms in total. The molecule has 156 valence electrons. The van der Waals surface area contributed by atoms with Crippen LogP contribution in [0.25, 0.3) is 5.76 Å². The maximum Gasteiger partial charge on any atom is 0.295 e. The Labute approximate surface area is 179 Å². The predicted octanol–water partition coefficient (Wildman–Crippen LogP) is 4.20. The third kappa shape index (κ3) is 3.31. The number of benzene rings is 2. The smallest absolute Gasteiger partial charge is 0.295 e. The van der Waals surface area contributed by atoms with Gasteiger partial charge in [-0.1, -0.05) is 24.6 Å². The molecule has 0 aliphatic carbocycles. The molecule has 0 saturated carbocycles. The van der Waals surface area contributed by atoms with Gasteiger partial charge >= 0.3 is 0 Å². The number of ether oxygens (including phenoxy) is 1. The first-order valence-corrected chi connectivity index (χ1v) is 10.3. The van der Waals surface area contributed by atoms with E-state index in [0.29, 0.717) is 30.5 Å². The number of phenols is 1. The molecule has 2 aromatic carbocycles. The lowest BCUT2D eigenvalue weighted by Gasteiger charge is -2.25. The summed E-state index contributed by atoms with van der Waals surface area (Å²) in [5.74, 6) is -0.970. The van der Waals surface area contributed by atoms with E-state index in [1.165, 1.54) is 17.0 Å². The zero-order valence-corrected chi connectivity index (χ0v) is 17.4. The molecule has 0 aromatic heterocycles. The fourth-order valence-electron chi connectivity index (χ4n) is 4.12. The fraction of sp³-hybridized carbons (Fsp3) is 0.304. The van der Waals surface area contributed by atoms with Crippen LogP contribution in [0.1, 0.15) is 43.0 Å². The second-order valence-corrected chi connectivity index (χ2v) is 8.07. The molecule has 2 unspecified atom stereocenters. The first-order chi connectivity index (χ1) is 14.3. The summed E-state index contributed by atoms with van der Waals surface area (Å²) in [4.78, 5) is 27.1. The lowest BCUT2D eigenvalue weighted by atomic mass is 9.94. The molecule has 1 fully saturated rings. The monoisotopic (exact) mass is 427 g/mol. The van der Waals surface area contributed by atoms with E-state index in [1.54, 1.807) is 24.3 Å². The minimum atomic E-state index is -0.786. The van der Waals surface area contributed by atoms with Gasteiger partial charge in [0.15, 0.2) is 0 Å². The summed E-state index contributed by atoms with van der Waals surface area (Å²) in [5, 5.41) is 21.0. The number of halogens is 1. The van der Waals surface area contributed by atoms with Crippen molar-refractivity contribution in [2.75, 3.05) is 6.54 Å². The third-order valence-corrected chi connectivity index (χ3v) is 5.76. The molecule has 1 saturated heterocycles. The summed E-state index contributed by atoms with van der Waals surface area (Å²) in [7, 11) is 0. The molecule has 2 aliphatic rings. The van der Waals surface area contributed by atoms with Crippen LogP contribution in [0, 0.1) is 0 Å². The van der Waals surface area contributed by atoms with Gasteiger partial charge in [0.25, 0.3) is 11.7 Å². The van der Waals surface area contributed by atoms with Gasteiger partial charge in [0.2, 0.25) is 0 Å². The van der Waals surface area contributed by atoms with Crippen molar-refractivity contribution in [3.8, 4) is 11.5 Å². The molecule has 0 spiro atoms. The highest BCUT2D eigenvalue weighted by atomic mass is 35.5. The van der Waals surface area contributed by atoms with Crippen LogP contribution in [0.4, 0.5) is 0 Å². The number of aliphatic hydroxyl groups excluding tert-OH is 1. The van der Waals surface area contributed by atoms with Crippen LogP contribution >= 0.6 is 11.6 Å². The van der Waals surface area contributed by atoms with Crippen molar-refractivity contribution in [3.63, 3.8) is 0 Å². The molecule has 7 heteroatoms. The average Bonchev–Trinajstić information content (AvgIpc) is 3.21. The number of Topliss-reactive ketones (excluding diaryl/α,β-unsaturated/α-hetero) is 1. The molecule has 1 amide bonds. The van der Waals surface area contributed by atoms with Gasteiger partial charge in [0.05, 0.1) is 16.6 Å². The summed E-state index contributed by atoms with van der Waals surface area (Å²) < 4.78 is 5.70. The van der Waals surface area contributed by atoms with E-state index in [4.69, 9.17) is 16.3 Å². The Morgan fingerprint density at radius 2 is 2.00 bits per heavy atom. The summed E-state index contributed by atoms with van der Waals surface area (Å²) >= 11 is 6.08. The van der Waals surface area contributed by atoms with Crippen LogP contribution in [0.2, 0.25) is 5.02 Å². The van der Waals surface area contributed by atoms with Crippen molar-refractivity contribution in [1.29, 1.82) is 0 Å². The van der Waals surface area contributed by atoms with E-state index >= 15 is 0 Å². The van der Waals surface area contributed by atoms with Crippen molar-refractivity contribution in [2.45, 2.75) is 38.8 Å². The highest BCUT2D eigenvalue weighted by Crippen LogP contribution is 2.42. The average molecular weight is 428 g/mol. The zero-order chi connectivity index (χ0) is 21.6. The van der Waals surface area contributed by atoms with Gasteiger partial charge in [-0.25, -0.2) is 0 Å². The molecular formula is C23H22ClNO5. The number of carbonyl (C=O) groups excluding carboxylic acids is 2. The quantitative estimate of drug-likeness (QED) is 0.434. The van der Waals surface area contributed by atoms with E-state index in [-0.39, 0.29) is 28.2 Å². The topological polar surface area (TPSA) is 87.1 Å². The zero-order valence-electron chi connectivity index (χ0n) is 16.7. The molecule has 0 bridgehead atoms. The Kier molecular flexibility index (Phi) is 5.20. The molecule has 2 aromatic rings. The third-order valence-electron chi connectivity index (χ3n) is 5.46. The van der Waals surface area contributed by atoms with Crippen molar-refractivity contribution in [2.24, 2.45) is 0 Å². The van der Waals surface area contributed by atoms with Gasteiger partial charge in [0.1, 0.15) is 23.4 Å². The minimum Gasteiger partial charge on any atom is -0.507 e. The number of amides is 1. The number of aliphatic hydroxyl groups is 1. The van der Waals surface area contributed by atoms with Gasteiger partial charge in [0, 0.05) is 18.5 Å². The minimum absolute atomic E-state index is 0.0159. The lowest BCUT2D eigenvalue weighted by Crippen LogP contribution is -2.30. The number of hydrogen-bond donors (Lipinski definition) is 2. The molecule has 4 rings (SSSR count). The van der Waals surface area contributed by atoms with Crippen LogP contribution in [0.3, 0.4) is 0 Å². The van der Waals surface area contributed by atoms with Gasteiger partial charge in [-0.05, 0) is 54.8 Å². The molecule has 2 atom stereocenters. The van der Waals surface area contributed by atoms with Crippen LogP contribution in [0.15, 0.2) is 42.0 Å². The Morgan fingerprint density at radius 3 is 2.70 bits per heavy atom. The highest BCUT2D eigenvalue weighted by Gasteiger charge is 2.45. The molecule has 0 radical (unpaired) electrons. The maximum absolute atomic E-state index is 12.9. The van der Waals surface area contributed by atoms with Gasteiger partial charge in [-0.15, -0.1) is 0 Å². The van der Waals surface area contributed by atoms with Gasteiger partial charge in [-0.2, -0.15) is 0 Å². The maximum atomic E-state index is 12.9. The van der Waals surface area contributed by atoms with Gasteiger partial charge in [-0.3, -0.25) is 9.59 Å². The number of hydrogen-bond acceptors (Lipinski definition) is 5. The van der Waals surface area contributed by atoms with E-state index in [9.17, 15) is 19.8 Å². The normalized spacial score (nSPS) is 22.3. The van der Waals surface area contributed by atoms with Crippen LogP contribution in [-0.2, 0) is 16.0 Å². The molecule has 2 heterocycles. The number of rotatable bonds is 4. The van der Waals surface area contributed by atoms with Crippen LogP contribution in [-0.4, -0.2) is 39.5 Å². The van der Waals surface area contributed by atoms with Crippen molar-refractivity contribution < 1.29 is 24.5 Å². The summed E-state index contributed by atoms with van der Waals surface area (Å²) in [6.07, 6.45) is 1.40. The number of aromatic hydroxyl groups is 1. The highest BCUT2D eigenvalue weighted by molar-refractivity contribution is 6.46. The Hall–Kier alpha value is -2.99. The van der Waals surface area contributed by atoms with Crippen molar-refractivity contribution >= 4 is 29.1 Å². The Bertz CT molecular complexity index is 1080. The van der Waals surface area contributed by atoms with Crippen LogP contribution < -0.4 is 4.74 Å². The number of fused-ring (bicyclic) bond motifs is 1. The molecular weight excluding hydrogens is 406 g/mol. The fourth-order valence-corrected chi connectivity index (χ4v) is 4.31. The second kappa shape index (κ2) is 7.69. The van der Waals surface area contributed by atoms with Crippen molar-refractivity contribution in [3.05, 3.63) is 63.7 Å². The summed E-state index contributed by atoms with van der Waals surface area (Å²) in [6.45, 7) is 4.21. The number of ketones is 1. The predicted molar refractivity (Wildman–Crippen MR) is 113 cm³/mol. The van der Waals surface area contributed by atoms with E-state index < -0.39 is 17.7 Å². The molecule has 2 N–H and O–H groups in total. The van der Waals surface area contributed by atoms with E-state index in [0.717, 1.165) is 11.3 Å². The summed E-state index contributed by atoms with van der Waals surface area (Å²) in [6, 6.07) is 8.99. The van der Waals surface area contributed by atoms with E-state index in [2.05, 4.69) is 0 Å². The standard InChI is InChI=1S/C23H22ClNO5/c1-3-8-25-20(13-4-6-17(26)16(24)11-13)19(22(28)23(25)29)21(27)14-5-7-18-15(10-14)9-12(2)30-18/h4-7,10-12,20,26-27H,3,8-9H2,1-2H3/b21-19-. The largest absolute Gasteiger partial charge is 0.507 e. The number of carbonyl (C=O) groups is 2. The first-order valence-electron chi connectivity index (χ1n) is 9.88. The first kappa shape index (κ1) is 20.3. The van der Waals surface area contributed by atoms with Crippen molar-refractivity contribution in [1.82, 2.24) is 4.90 Å². The molecule has 30 heavy (non-hydrogen) atoms. The Balaban J connectivity index is 1.86. The number of nitrogens with zero attached hydrogens (tertiary/aromatic N) is 1. The molecule has 2 aliphatic heterocycles. The number of likely N-dealkylation sites (tertiary alicyclic amines) is 1. The second-order valence-electron chi connectivity index (χ2n) is 7.66.